The van der Waals surface area contributed by atoms with Crippen LogP contribution in [0, 0.1) is 0 Å². The summed E-state index contributed by atoms with van der Waals surface area (Å²) < 4.78 is 6.05. The van der Waals surface area contributed by atoms with Gasteiger partial charge in [0.2, 0.25) is 17.7 Å². The largest absolute Gasteiger partial charge is 0.378 e. The normalized spacial score (nSPS) is 28.9. The van der Waals surface area contributed by atoms with Gasteiger partial charge in [-0.3, -0.25) is 14.4 Å². The monoisotopic (exact) mass is 498 g/mol. The molecule has 0 radical (unpaired) electrons. The Morgan fingerprint density at radius 1 is 1.08 bits per heavy atom. The summed E-state index contributed by atoms with van der Waals surface area (Å²) in [6.45, 7) is 4.47. The summed E-state index contributed by atoms with van der Waals surface area (Å²) >= 11 is 0. The average Bonchev–Trinajstić information content (AvgIpc) is 3.31. The van der Waals surface area contributed by atoms with Gasteiger partial charge >= 0.3 is 0 Å². The van der Waals surface area contributed by atoms with Gasteiger partial charge in [-0.15, -0.1) is 0 Å². The first-order valence-corrected chi connectivity index (χ1v) is 13.7. The summed E-state index contributed by atoms with van der Waals surface area (Å²) in [6, 6.07) is 6.63. The lowest BCUT2D eigenvalue weighted by atomic mass is 9.87. The van der Waals surface area contributed by atoms with Gasteiger partial charge in [0, 0.05) is 19.1 Å². The lowest BCUT2D eigenvalue weighted by Gasteiger charge is -2.38. The Kier molecular flexibility index (Phi) is 9.01. The van der Waals surface area contributed by atoms with Crippen LogP contribution in [0.3, 0.4) is 0 Å². The molecule has 8 heteroatoms. The Morgan fingerprint density at radius 2 is 1.86 bits per heavy atom. The molecule has 4 rings (SSSR count). The van der Waals surface area contributed by atoms with Crippen molar-refractivity contribution in [3.05, 3.63) is 35.4 Å². The summed E-state index contributed by atoms with van der Waals surface area (Å²) in [5, 5.41) is 9.16. The van der Waals surface area contributed by atoms with E-state index in [1.54, 1.807) is 18.9 Å². The lowest BCUT2D eigenvalue weighted by Crippen LogP contribution is -2.59. The zero-order chi connectivity index (χ0) is 25.7. The zero-order valence-corrected chi connectivity index (χ0v) is 21.9. The maximum atomic E-state index is 13.9. The molecule has 3 amide bonds. The molecule has 8 nitrogen and oxygen atoms in total. The maximum Gasteiger partial charge on any atom is 0.246 e. The van der Waals surface area contributed by atoms with E-state index >= 15 is 0 Å². The third-order valence-electron chi connectivity index (χ3n) is 8.06. The molecule has 1 aromatic rings. The summed E-state index contributed by atoms with van der Waals surface area (Å²) in [4.78, 5) is 42.0. The number of amides is 3. The maximum absolute atomic E-state index is 13.9. The second-order valence-corrected chi connectivity index (χ2v) is 10.5. The van der Waals surface area contributed by atoms with Crippen LogP contribution in [0.25, 0.3) is 0 Å². The number of hydrogen-bond donors (Lipinski definition) is 3. The third kappa shape index (κ3) is 5.92. The van der Waals surface area contributed by atoms with E-state index in [1.807, 2.05) is 12.1 Å². The molecular weight excluding hydrogens is 456 g/mol. The van der Waals surface area contributed by atoms with Crippen LogP contribution in [0.15, 0.2) is 24.3 Å². The molecule has 2 saturated heterocycles. The van der Waals surface area contributed by atoms with E-state index in [-0.39, 0.29) is 35.9 Å². The molecule has 198 valence electrons. The van der Waals surface area contributed by atoms with Gasteiger partial charge in [0.15, 0.2) is 0 Å². The van der Waals surface area contributed by atoms with Gasteiger partial charge in [-0.05, 0) is 76.5 Å². The van der Waals surface area contributed by atoms with Crippen molar-refractivity contribution < 1.29 is 19.1 Å². The number of carbonyl (C=O) groups is 3. The van der Waals surface area contributed by atoms with Gasteiger partial charge in [0.05, 0.1) is 18.2 Å². The van der Waals surface area contributed by atoms with E-state index in [1.165, 1.54) is 11.1 Å². The number of nitrogens with zero attached hydrogens (tertiary/aromatic N) is 1. The van der Waals surface area contributed by atoms with Gasteiger partial charge < -0.3 is 25.6 Å². The highest BCUT2D eigenvalue weighted by molar-refractivity contribution is 5.94. The molecule has 1 aromatic carbocycles. The Balaban J connectivity index is 1.52. The van der Waals surface area contributed by atoms with Crippen LogP contribution in [0.4, 0.5) is 0 Å². The highest BCUT2D eigenvalue weighted by Gasteiger charge is 2.45. The minimum absolute atomic E-state index is 0.0129. The Labute approximate surface area is 214 Å². The zero-order valence-electron chi connectivity index (χ0n) is 21.9. The van der Waals surface area contributed by atoms with Crippen molar-refractivity contribution in [2.24, 2.45) is 0 Å². The minimum atomic E-state index is -0.707. The number of carbonyl (C=O) groups excluding carboxylic acids is 3. The summed E-state index contributed by atoms with van der Waals surface area (Å²) in [6.07, 6.45) is 7.28. The molecule has 0 bridgehead atoms. The first-order chi connectivity index (χ1) is 17.4. The molecule has 3 aliphatic rings. The highest BCUT2D eigenvalue weighted by atomic mass is 16.5. The number of fused-ring (bicyclic) bond motifs is 2. The van der Waals surface area contributed by atoms with Crippen LogP contribution in [0.2, 0.25) is 0 Å². The predicted octanol–water partition coefficient (Wildman–Crippen LogP) is 2.61. The van der Waals surface area contributed by atoms with Crippen LogP contribution in [0.1, 0.15) is 82.4 Å². The number of ether oxygens (including phenoxy) is 1. The second kappa shape index (κ2) is 12.2. The summed E-state index contributed by atoms with van der Waals surface area (Å²) in [5.41, 5.74) is 2.48. The SMILES string of the molecule is CCCO[C@@H]1CC[C@H]2CC[C@@H](C(=O)N[C@@H]3CCCc4ccccc43)N2C(=O)[C@@H](NC(=O)[C@H](C)NC)C1. The van der Waals surface area contributed by atoms with Gasteiger partial charge in [0.25, 0.3) is 0 Å². The Morgan fingerprint density at radius 3 is 2.64 bits per heavy atom. The molecule has 0 aromatic heterocycles. The topological polar surface area (TPSA) is 99.8 Å². The van der Waals surface area contributed by atoms with Crippen LogP contribution >= 0.6 is 0 Å². The van der Waals surface area contributed by atoms with Crippen LogP contribution < -0.4 is 16.0 Å². The third-order valence-corrected chi connectivity index (χ3v) is 8.06. The van der Waals surface area contributed by atoms with E-state index in [4.69, 9.17) is 4.74 Å². The second-order valence-electron chi connectivity index (χ2n) is 10.5. The highest BCUT2D eigenvalue weighted by Crippen LogP contribution is 2.34. The number of nitrogens with one attached hydrogen (secondary N) is 3. The lowest BCUT2D eigenvalue weighted by molar-refractivity contribution is -0.146. The van der Waals surface area contributed by atoms with E-state index in [0.717, 1.165) is 44.9 Å². The molecule has 2 aliphatic heterocycles. The molecule has 2 fully saturated rings. The number of aryl methyl sites for hydroxylation is 1. The van der Waals surface area contributed by atoms with Gasteiger partial charge in [-0.25, -0.2) is 0 Å². The molecule has 36 heavy (non-hydrogen) atoms. The summed E-state index contributed by atoms with van der Waals surface area (Å²) in [5.74, 6) is -0.468. The molecule has 0 spiro atoms. The number of benzene rings is 1. The quantitative estimate of drug-likeness (QED) is 0.512. The summed E-state index contributed by atoms with van der Waals surface area (Å²) in [7, 11) is 1.72. The number of hydrogen-bond acceptors (Lipinski definition) is 5. The van der Waals surface area contributed by atoms with Crippen molar-refractivity contribution in [1.82, 2.24) is 20.9 Å². The van der Waals surface area contributed by atoms with Crippen molar-refractivity contribution >= 4 is 17.7 Å². The van der Waals surface area contributed by atoms with E-state index in [2.05, 4.69) is 35.0 Å². The molecule has 2 heterocycles. The first kappa shape index (κ1) is 26.6. The van der Waals surface area contributed by atoms with Crippen molar-refractivity contribution in [1.29, 1.82) is 0 Å². The van der Waals surface area contributed by atoms with Crippen LogP contribution in [-0.2, 0) is 25.5 Å². The molecular formula is C28H42N4O4. The molecule has 6 atom stereocenters. The molecule has 0 unspecified atom stereocenters. The number of likely N-dealkylation sites (N-methyl/N-ethyl adjacent to an activating group) is 1. The average molecular weight is 499 g/mol. The van der Waals surface area contributed by atoms with E-state index in [0.29, 0.717) is 19.4 Å². The first-order valence-electron chi connectivity index (χ1n) is 13.7. The molecule has 1 aliphatic carbocycles. The van der Waals surface area contributed by atoms with Crippen molar-refractivity contribution in [3.8, 4) is 0 Å². The van der Waals surface area contributed by atoms with Gasteiger partial charge in [-0.2, -0.15) is 0 Å². The van der Waals surface area contributed by atoms with Crippen molar-refractivity contribution in [3.63, 3.8) is 0 Å². The van der Waals surface area contributed by atoms with Crippen LogP contribution in [0.5, 0.6) is 0 Å². The Bertz CT molecular complexity index is 938. The fourth-order valence-corrected chi connectivity index (χ4v) is 5.95. The molecule has 3 N–H and O–H groups in total. The minimum Gasteiger partial charge on any atom is -0.378 e. The van der Waals surface area contributed by atoms with Gasteiger partial charge in [0.1, 0.15) is 12.1 Å². The van der Waals surface area contributed by atoms with Crippen molar-refractivity contribution in [2.75, 3.05) is 13.7 Å². The van der Waals surface area contributed by atoms with E-state index in [9.17, 15) is 14.4 Å². The van der Waals surface area contributed by atoms with Crippen LogP contribution in [-0.4, -0.2) is 66.5 Å². The smallest absolute Gasteiger partial charge is 0.246 e. The number of rotatable bonds is 8. The predicted molar refractivity (Wildman–Crippen MR) is 138 cm³/mol. The molecule has 0 saturated carbocycles. The van der Waals surface area contributed by atoms with E-state index < -0.39 is 18.1 Å². The Hall–Kier alpha value is -2.45. The fourth-order valence-electron chi connectivity index (χ4n) is 5.95. The van der Waals surface area contributed by atoms with Gasteiger partial charge in [-0.1, -0.05) is 31.2 Å². The standard InChI is InChI=1S/C28H42N4O4/c1-4-16-36-21-14-12-20-13-15-25(32(20)28(35)24(17-21)31-26(33)18(2)29-3)27(34)30-23-11-7-9-19-8-5-6-10-22(19)23/h5-6,8,10,18,20-21,23-25,29H,4,7,9,11-17H2,1-3H3,(H,30,34)(H,31,33)/t18-,20-,21+,23+,24-,25-/m0/s1. The van der Waals surface area contributed by atoms with Crippen molar-refractivity contribution in [2.45, 2.75) is 108 Å². The fraction of sp³-hybridized carbons (Fsp3) is 0.679.